The molecule has 2 nitrogen and oxygen atoms in total. The quantitative estimate of drug-likeness (QED) is 0.782. The highest BCUT2D eigenvalue weighted by Crippen LogP contribution is 2.26. The van der Waals surface area contributed by atoms with Crippen LogP contribution in [0.15, 0.2) is 35.4 Å². The van der Waals surface area contributed by atoms with E-state index in [1.807, 2.05) is 31.2 Å². The maximum absolute atomic E-state index is 5.95. The van der Waals surface area contributed by atoms with Crippen molar-refractivity contribution in [2.24, 2.45) is 0 Å². The number of hydrogen-bond acceptors (Lipinski definition) is 3. The van der Waals surface area contributed by atoms with Gasteiger partial charge in [-0.3, -0.25) is 0 Å². The molecule has 1 aromatic heterocycles. The number of nitrogens with zero attached hydrogens (tertiary/aromatic N) is 2. The fourth-order valence-corrected chi connectivity index (χ4v) is 2.33. The first-order valence-electron chi connectivity index (χ1n) is 5.02. The molecule has 0 saturated heterocycles. The van der Waals surface area contributed by atoms with Crippen LogP contribution in [0.25, 0.3) is 0 Å². The Kier molecular flexibility index (Phi) is 4.26. The van der Waals surface area contributed by atoms with Gasteiger partial charge in [0.1, 0.15) is 5.03 Å². The van der Waals surface area contributed by atoms with Gasteiger partial charge in [-0.25, -0.2) is 0 Å². The summed E-state index contributed by atoms with van der Waals surface area (Å²) < 4.78 is 0. The summed E-state index contributed by atoms with van der Waals surface area (Å²) in [7, 11) is 0. The van der Waals surface area contributed by atoms with E-state index in [-0.39, 0.29) is 0 Å². The maximum atomic E-state index is 5.95. The molecule has 0 atom stereocenters. The number of rotatable bonds is 3. The van der Waals surface area contributed by atoms with Gasteiger partial charge in [-0.15, -0.1) is 5.10 Å². The molecule has 0 aliphatic rings. The van der Waals surface area contributed by atoms with E-state index in [0.29, 0.717) is 10.0 Å². The Morgan fingerprint density at radius 2 is 1.88 bits per heavy atom. The first-order valence-corrected chi connectivity index (χ1v) is 6.76. The summed E-state index contributed by atoms with van der Waals surface area (Å²) in [5.74, 6) is 0.800. The van der Waals surface area contributed by atoms with E-state index in [2.05, 4.69) is 10.2 Å². The number of benzene rings is 1. The average Bonchev–Trinajstić information content (AvgIpc) is 2.33. The lowest BCUT2D eigenvalue weighted by atomic mass is 10.2. The monoisotopic (exact) mass is 284 g/mol. The Balaban J connectivity index is 2.02. The van der Waals surface area contributed by atoms with E-state index in [9.17, 15) is 0 Å². The van der Waals surface area contributed by atoms with Gasteiger partial charge >= 0.3 is 0 Å². The molecular formula is C12H10Cl2N2S. The molecule has 1 heterocycles. The largest absolute Gasteiger partial charge is 0.155 e. The second-order valence-corrected chi connectivity index (χ2v) is 5.36. The van der Waals surface area contributed by atoms with Gasteiger partial charge in [0.05, 0.1) is 15.7 Å². The third-order valence-electron chi connectivity index (χ3n) is 2.14. The van der Waals surface area contributed by atoms with Gasteiger partial charge in [-0.2, -0.15) is 5.10 Å². The molecule has 0 radical (unpaired) electrons. The number of aromatic nitrogens is 2. The lowest BCUT2D eigenvalue weighted by Gasteiger charge is -2.02. The van der Waals surface area contributed by atoms with Gasteiger partial charge in [0.15, 0.2) is 0 Å². The van der Waals surface area contributed by atoms with E-state index < -0.39 is 0 Å². The van der Waals surface area contributed by atoms with Crippen molar-refractivity contribution in [3.63, 3.8) is 0 Å². The van der Waals surface area contributed by atoms with E-state index in [4.69, 9.17) is 23.2 Å². The zero-order chi connectivity index (χ0) is 12.3. The standard InChI is InChI=1S/C12H10Cl2N2S/c1-8-2-5-12(16-15-8)17-7-9-3-4-10(13)11(14)6-9/h2-6H,7H2,1H3. The van der Waals surface area contributed by atoms with E-state index >= 15 is 0 Å². The molecule has 5 heteroatoms. The van der Waals surface area contributed by atoms with Crippen molar-refractivity contribution >= 4 is 35.0 Å². The summed E-state index contributed by atoms with van der Waals surface area (Å²) >= 11 is 13.4. The molecule has 88 valence electrons. The third-order valence-corrected chi connectivity index (χ3v) is 3.87. The van der Waals surface area contributed by atoms with Crippen LogP contribution in [-0.2, 0) is 5.75 Å². The second kappa shape index (κ2) is 5.71. The molecule has 0 aliphatic heterocycles. The minimum Gasteiger partial charge on any atom is -0.155 e. The summed E-state index contributed by atoms with van der Waals surface area (Å²) in [5, 5.41) is 10.2. The molecule has 1 aromatic carbocycles. The van der Waals surface area contributed by atoms with Gasteiger partial charge in [-0.05, 0) is 36.8 Å². The number of thioether (sulfide) groups is 1. The predicted octanol–water partition coefficient (Wildman–Crippen LogP) is 4.38. The Bertz CT molecular complexity index is 514. The minimum absolute atomic E-state index is 0.579. The summed E-state index contributed by atoms with van der Waals surface area (Å²) in [6.45, 7) is 1.92. The van der Waals surface area contributed by atoms with Crippen molar-refractivity contribution in [1.82, 2.24) is 10.2 Å². The van der Waals surface area contributed by atoms with Gasteiger partial charge in [-0.1, -0.05) is 41.0 Å². The molecule has 0 fully saturated rings. The van der Waals surface area contributed by atoms with Crippen molar-refractivity contribution in [3.8, 4) is 0 Å². The average molecular weight is 285 g/mol. The maximum Gasteiger partial charge on any atom is 0.119 e. The van der Waals surface area contributed by atoms with Crippen molar-refractivity contribution in [2.45, 2.75) is 17.7 Å². The molecule has 17 heavy (non-hydrogen) atoms. The molecule has 2 rings (SSSR count). The van der Waals surface area contributed by atoms with Crippen LogP contribution in [0.5, 0.6) is 0 Å². The SMILES string of the molecule is Cc1ccc(SCc2ccc(Cl)c(Cl)c2)nn1. The molecule has 0 aliphatic carbocycles. The molecule has 2 aromatic rings. The summed E-state index contributed by atoms with van der Waals surface area (Å²) in [6.07, 6.45) is 0. The highest BCUT2D eigenvalue weighted by atomic mass is 35.5. The zero-order valence-corrected chi connectivity index (χ0v) is 11.5. The zero-order valence-electron chi connectivity index (χ0n) is 9.15. The molecule has 0 saturated carbocycles. The number of hydrogen-bond donors (Lipinski definition) is 0. The summed E-state index contributed by atoms with van der Waals surface area (Å²) in [6, 6.07) is 9.55. The van der Waals surface area contributed by atoms with Crippen LogP contribution in [0.4, 0.5) is 0 Å². The molecule has 0 amide bonds. The molecule has 0 bridgehead atoms. The smallest absolute Gasteiger partial charge is 0.119 e. The summed E-state index contributed by atoms with van der Waals surface area (Å²) in [4.78, 5) is 0. The van der Waals surface area contributed by atoms with E-state index in [0.717, 1.165) is 22.0 Å². The van der Waals surface area contributed by atoms with E-state index in [1.54, 1.807) is 17.8 Å². The topological polar surface area (TPSA) is 25.8 Å². The van der Waals surface area contributed by atoms with Gasteiger partial charge in [0.2, 0.25) is 0 Å². The van der Waals surface area contributed by atoms with Crippen LogP contribution in [0.1, 0.15) is 11.3 Å². The molecular weight excluding hydrogens is 275 g/mol. The Morgan fingerprint density at radius 3 is 2.53 bits per heavy atom. The van der Waals surface area contributed by atoms with Gasteiger partial charge in [0, 0.05) is 5.75 Å². The molecule has 0 unspecified atom stereocenters. The van der Waals surface area contributed by atoms with Crippen LogP contribution < -0.4 is 0 Å². The van der Waals surface area contributed by atoms with Crippen LogP contribution in [0.2, 0.25) is 10.0 Å². The van der Waals surface area contributed by atoms with Crippen molar-refractivity contribution in [3.05, 3.63) is 51.6 Å². The van der Waals surface area contributed by atoms with Crippen molar-refractivity contribution in [2.75, 3.05) is 0 Å². The third kappa shape index (κ3) is 3.60. The van der Waals surface area contributed by atoms with E-state index in [1.165, 1.54) is 0 Å². The van der Waals surface area contributed by atoms with Crippen molar-refractivity contribution in [1.29, 1.82) is 0 Å². The highest BCUT2D eigenvalue weighted by molar-refractivity contribution is 7.98. The summed E-state index contributed by atoms with van der Waals surface area (Å²) in [5.41, 5.74) is 2.04. The number of aryl methyl sites for hydroxylation is 1. The van der Waals surface area contributed by atoms with Gasteiger partial charge < -0.3 is 0 Å². The fourth-order valence-electron chi connectivity index (χ4n) is 1.25. The fraction of sp³-hybridized carbons (Fsp3) is 0.167. The second-order valence-electron chi connectivity index (χ2n) is 3.55. The Morgan fingerprint density at radius 1 is 1.06 bits per heavy atom. The Labute approximate surface area is 114 Å². The molecule has 0 N–H and O–H groups in total. The molecule has 0 spiro atoms. The van der Waals surface area contributed by atoms with Crippen LogP contribution in [0.3, 0.4) is 0 Å². The predicted molar refractivity (Wildman–Crippen MR) is 72.8 cm³/mol. The highest BCUT2D eigenvalue weighted by Gasteiger charge is 2.01. The first kappa shape index (κ1) is 12.7. The minimum atomic E-state index is 0.579. The van der Waals surface area contributed by atoms with Crippen LogP contribution in [-0.4, -0.2) is 10.2 Å². The Hall–Kier alpha value is -0.770. The first-order chi connectivity index (χ1) is 8.15. The van der Waals surface area contributed by atoms with Gasteiger partial charge in [0.25, 0.3) is 0 Å². The van der Waals surface area contributed by atoms with Crippen molar-refractivity contribution < 1.29 is 0 Å². The van der Waals surface area contributed by atoms with Crippen LogP contribution >= 0.6 is 35.0 Å². The number of halogens is 2. The lowest BCUT2D eigenvalue weighted by molar-refractivity contribution is 0.895. The van der Waals surface area contributed by atoms with Crippen LogP contribution in [0, 0.1) is 6.92 Å². The normalized spacial score (nSPS) is 10.5. The lowest BCUT2D eigenvalue weighted by Crippen LogP contribution is -1.88.